The summed E-state index contributed by atoms with van der Waals surface area (Å²) < 4.78 is 0. The third-order valence-corrected chi connectivity index (χ3v) is 7.88. The van der Waals surface area contributed by atoms with Crippen LogP contribution in [0.5, 0.6) is 0 Å². The second-order valence-electron chi connectivity index (χ2n) is 9.38. The number of rotatable bonds is 7. The number of anilines is 1. The Morgan fingerprint density at radius 2 is 1.74 bits per heavy atom. The number of carbonyl (C=O) groups is 2. The number of carbonyl (C=O) groups excluding carboxylic acids is 2. The minimum absolute atomic E-state index is 0.0236. The number of Topliss-reactive ketones (excluding diaryl/α,β-unsaturated/α-hetero) is 1. The minimum Gasteiger partial charge on any atom is -0.353 e. The van der Waals surface area contributed by atoms with Gasteiger partial charge in [-0.05, 0) is 73.0 Å². The number of hydrogen-bond donors (Lipinski definition) is 3. The lowest BCUT2D eigenvalue weighted by atomic mass is 10.0. The molecular weight excluding hydrogens is 492 g/mol. The van der Waals surface area contributed by atoms with Crippen molar-refractivity contribution in [2.24, 2.45) is 0 Å². The van der Waals surface area contributed by atoms with Crippen molar-refractivity contribution in [3.63, 3.8) is 0 Å². The zero-order valence-corrected chi connectivity index (χ0v) is 21.9. The molecule has 0 aliphatic rings. The van der Waals surface area contributed by atoms with Gasteiger partial charge in [0.05, 0.1) is 16.1 Å². The Labute approximate surface area is 223 Å². The monoisotopic (exact) mass is 518 g/mol. The van der Waals surface area contributed by atoms with E-state index in [0.717, 1.165) is 71.7 Å². The molecule has 0 fully saturated rings. The van der Waals surface area contributed by atoms with E-state index in [1.807, 2.05) is 55.5 Å². The molecule has 0 aliphatic heterocycles. The third kappa shape index (κ3) is 4.41. The number of H-pyrrole nitrogens is 2. The second-order valence-corrected chi connectivity index (χ2v) is 10.5. The van der Waals surface area contributed by atoms with Crippen molar-refractivity contribution in [2.75, 3.05) is 5.32 Å². The van der Waals surface area contributed by atoms with Crippen molar-refractivity contribution in [3.8, 4) is 33.0 Å². The predicted octanol–water partition coefficient (Wildman–Crippen LogP) is 8.05. The van der Waals surface area contributed by atoms with Crippen LogP contribution < -0.4 is 5.32 Å². The number of amides is 1. The molecule has 0 saturated carbocycles. The first-order valence-electron chi connectivity index (χ1n) is 12.6. The Balaban J connectivity index is 1.39. The zero-order valence-electron chi connectivity index (χ0n) is 21.1. The summed E-state index contributed by atoms with van der Waals surface area (Å²) in [5.41, 5.74) is 7.65. The summed E-state index contributed by atoms with van der Waals surface area (Å²) in [7, 11) is 0. The van der Waals surface area contributed by atoms with Gasteiger partial charge in [-0.1, -0.05) is 37.3 Å². The molecule has 0 spiro atoms. The van der Waals surface area contributed by atoms with Crippen LogP contribution in [0.4, 0.5) is 5.69 Å². The molecule has 38 heavy (non-hydrogen) atoms. The third-order valence-electron chi connectivity index (χ3n) is 6.66. The summed E-state index contributed by atoms with van der Waals surface area (Å²) in [4.78, 5) is 29.3. The van der Waals surface area contributed by atoms with Gasteiger partial charge in [0.2, 0.25) is 5.91 Å². The van der Waals surface area contributed by atoms with Crippen molar-refractivity contribution < 1.29 is 9.59 Å². The number of nitrogens with one attached hydrogen (secondary N) is 3. The van der Waals surface area contributed by atoms with E-state index in [-0.39, 0.29) is 11.7 Å². The Bertz CT molecular complexity index is 1820. The van der Waals surface area contributed by atoms with Crippen LogP contribution in [0.15, 0.2) is 78.9 Å². The standard InChI is InChI=1S/C31H26N4O2S/c1-3-6-30(37)32-21-8-4-7-19(15-21)20-11-12-26-24(16-20)31(35-34-26)27-17-23-22(9-5-10-25(23)33-27)29-14-13-28(38-29)18(2)36/h4-5,7-17,33H,3,6H2,1-2H3,(H,32,37)(H,34,35). The van der Waals surface area contributed by atoms with E-state index in [2.05, 4.69) is 50.8 Å². The number of benzene rings is 3. The van der Waals surface area contributed by atoms with Crippen LogP contribution in [-0.2, 0) is 4.79 Å². The fraction of sp³-hybridized carbons (Fsp3) is 0.129. The topological polar surface area (TPSA) is 90.6 Å². The Hall–Kier alpha value is -4.49. The maximum absolute atomic E-state index is 12.1. The van der Waals surface area contributed by atoms with Gasteiger partial charge in [-0.25, -0.2) is 0 Å². The van der Waals surface area contributed by atoms with Gasteiger partial charge in [0, 0.05) is 38.8 Å². The molecule has 1 amide bonds. The molecule has 3 heterocycles. The molecule has 0 radical (unpaired) electrons. The average Bonchev–Trinajstić information content (AvgIpc) is 3.66. The summed E-state index contributed by atoms with van der Waals surface area (Å²) in [6, 6.07) is 26.3. The van der Waals surface area contributed by atoms with E-state index >= 15 is 0 Å². The van der Waals surface area contributed by atoms with Crippen molar-refractivity contribution in [2.45, 2.75) is 26.7 Å². The van der Waals surface area contributed by atoms with Crippen molar-refractivity contribution in [3.05, 3.63) is 83.7 Å². The first kappa shape index (κ1) is 23.9. The Kier molecular flexibility index (Phi) is 6.13. The number of aromatic amines is 2. The van der Waals surface area contributed by atoms with Gasteiger partial charge < -0.3 is 10.3 Å². The SMILES string of the molecule is CCCC(=O)Nc1cccc(-c2ccc3[nH]nc(-c4cc5c(-c6ccc(C(C)=O)s6)cccc5[nH]4)c3c2)c1. The summed E-state index contributed by atoms with van der Waals surface area (Å²) in [5.74, 6) is 0.103. The molecule has 0 saturated heterocycles. The van der Waals surface area contributed by atoms with Gasteiger partial charge in [0.15, 0.2) is 5.78 Å². The Morgan fingerprint density at radius 3 is 2.55 bits per heavy atom. The van der Waals surface area contributed by atoms with E-state index in [0.29, 0.717) is 6.42 Å². The molecule has 0 atom stereocenters. The second kappa shape index (κ2) is 9.76. The highest BCUT2D eigenvalue weighted by Gasteiger charge is 2.16. The maximum atomic E-state index is 12.1. The van der Waals surface area contributed by atoms with Crippen LogP contribution in [0.3, 0.4) is 0 Å². The fourth-order valence-corrected chi connectivity index (χ4v) is 5.74. The predicted molar refractivity (Wildman–Crippen MR) is 156 cm³/mol. The fourth-order valence-electron chi connectivity index (χ4n) is 4.80. The molecule has 6 aromatic rings. The zero-order chi connectivity index (χ0) is 26.2. The number of thiophene rings is 1. The number of ketones is 1. The molecule has 0 aliphatic carbocycles. The molecule has 6 nitrogen and oxygen atoms in total. The van der Waals surface area contributed by atoms with Crippen LogP contribution in [0, 0.1) is 0 Å². The smallest absolute Gasteiger partial charge is 0.224 e. The molecule has 6 rings (SSSR count). The highest BCUT2D eigenvalue weighted by atomic mass is 32.1. The minimum atomic E-state index is 0.0236. The van der Waals surface area contributed by atoms with Crippen LogP contribution in [0.1, 0.15) is 36.4 Å². The van der Waals surface area contributed by atoms with Gasteiger partial charge in [-0.3, -0.25) is 14.7 Å². The van der Waals surface area contributed by atoms with Gasteiger partial charge in [0.25, 0.3) is 0 Å². The average molecular weight is 519 g/mol. The van der Waals surface area contributed by atoms with Crippen LogP contribution in [0.25, 0.3) is 54.8 Å². The lowest BCUT2D eigenvalue weighted by Crippen LogP contribution is -2.10. The van der Waals surface area contributed by atoms with Crippen LogP contribution in [0.2, 0.25) is 0 Å². The largest absolute Gasteiger partial charge is 0.353 e. The number of nitrogens with zero attached hydrogens (tertiary/aromatic N) is 1. The van der Waals surface area contributed by atoms with Crippen LogP contribution in [-0.4, -0.2) is 26.9 Å². The summed E-state index contributed by atoms with van der Waals surface area (Å²) in [5, 5.41) is 12.9. The van der Waals surface area contributed by atoms with Crippen molar-refractivity contribution in [1.82, 2.24) is 15.2 Å². The number of aromatic nitrogens is 3. The normalized spacial score (nSPS) is 11.3. The Morgan fingerprint density at radius 1 is 0.895 bits per heavy atom. The van der Waals surface area contributed by atoms with E-state index < -0.39 is 0 Å². The molecule has 3 N–H and O–H groups in total. The first-order valence-corrected chi connectivity index (χ1v) is 13.4. The lowest BCUT2D eigenvalue weighted by Gasteiger charge is -2.08. The molecule has 0 unspecified atom stereocenters. The molecule has 3 aromatic heterocycles. The number of hydrogen-bond acceptors (Lipinski definition) is 4. The number of fused-ring (bicyclic) bond motifs is 2. The van der Waals surface area contributed by atoms with Gasteiger partial charge in [-0.2, -0.15) is 5.10 Å². The van der Waals surface area contributed by atoms with E-state index in [4.69, 9.17) is 0 Å². The molecular formula is C31H26N4O2S. The molecule has 188 valence electrons. The summed E-state index contributed by atoms with van der Waals surface area (Å²) >= 11 is 1.51. The highest BCUT2D eigenvalue weighted by molar-refractivity contribution is 7.17. The van der Waals surface area contributed by atoms with Gasteiger partial charge in [0.1, 0.15) is 5.69 Å². The van der Waals surface area contributed by atoms with Gasteiger partial charge >= 0.3 is 0 Å². The molecule has 0 bridgehead atoms. The maximum Gasteiger partial charge on any atom is 0.224 e. The van der Waals surface area contributed by atoms with Crippen molar-refractivity contribution >= 4 is 50.5 Å². The lowest BCUT2D eigenvalue weighted by molar-refractivity contribution is -0.116. The van der Waals surface area contributed by atoms with E-state index in [9.17, 15) is 9.59 Å². The molecule has 7 heteroatoms. The van der Waals surface area contributed by atoms with E-state index in [1.165, 1.54) is 11.3 Å². The van der Waals surface area contributed by atoms with Gasteiger partial charge in [-0.15, -0.1) is 11.3 Å². The molecule has 3 aromatic carbocycles. The summed E-state index contributed by atoms with van der Waals surface area (Å²) in [6.07, 6.45) is 1.32. The first-order chi connectivity index (χ1) is 18.5. The summed E-state index contributed by atoms with van der Waals surface area (Å²) in [6.45, 7) is 3.59. The van der Waals surface area contributed by atoms with Crippen molar-refractivity contribution in [1.29, 1.82) is 0 Å². The van der Waals surface area contributed by atoms with Crippen LogP contribution >= 0.6 is 11.3 Å². The van der Waals surface area contributed by atoms with E-state index in [1.54, 1.807) is 6.92 Å². The highest BCUT2D eigenvalue weighted by Crippen LogP contribution is 2.37. The quantitative estimate of drug-likeness (QED) is 0.187.